The van der Waals surface area contributed by atoms with Gasteiger partial charge < -0.3 is 15.6 Å². The second-order valence-corrected chi connectivity index (χ2v) is 10.5. The van der Waals surface area contributed by atoms with Crippen molar-refractivity contribution in [1.82, 2.24) is 15.3 Å². The number of aromatic nitrogens is 2. The Labute approximate surface area is 225 Å². The van der Waals surface area contributed by atoms with Gasteiger partial charge in [-0.3, -0.25) is 9.59 Å². The minimum Gasteiger partial charge on any atom is -0.349 e. The van der Waals surface area contributed by atoms with Crippen molar-refractivity contribution in [1.29, 1.82) is 0 Å². The molecule has 1 aromatic heterocycles. The van der Waals surface area contributed by atoms with Gasteiger partial charge in [0.05, 0.1) is 11.0 Å². The molecule has 6 nitrogen and oxygen atoms in total. The molecule has 3 N–H and O–H groups in total. The number of carbonyl (C=O) groups excluding carboxylic acids is 2. The standard InChI is InChI=1S/C29H23F5N4O2/c1-12-14-4-8-17(12)19(10-14)38-28(39)15-5-9-18-20(11-15)37-27(36-18)13-2-6-16(7-3-13)35-29(40)21-22(30)24(32)26(34)25(33)23(21)31/h2-3,5-7,9,11-12,14,17,19H,4,8,10H2,1H3,(H,35,40)(H,36,37)(H,38,39)/t12-,14?,17?,19?/m1/s1. The lowest BCUT2D eigenvalue weighted by Crippen LogP contribution is -2.38. The first kappa shape index (κ1) is 26.0. The number of amides is 2. The monoisotopic (exact) mass is 554 g/mol. The van der Waals surface area contributed by atoms with E-state index in [2.05, 4.69) is 27.5 Å². The van der Waals surface area contributed by atoms with Crippen LogP contribution >= 0.6 is 0 Å². The Morgan fingerprint density at radius 2 is 1.55 bits per heavy atom. The van der Waals surface area contributed by atoms with E-state index >= 15 is 0 Å². The van der Waals surface area contributed by atoms with E-state index in [4.69, 9.17) is 0 Å². The third-order valence-electron chi connectivity index (χ3n) is 8.28. The van der Waals surface area contributed by atoms with Crippen molar-refractivity contribution >= 4 is 28.5 Å². The fourth-order valence-electron chi connectivity index (χ4n) is 6.10. The highest BCUT2D eigenvalue weighted by Crippen LogP contribution is 2.49. The molecule has 40 heavy (non-hydrogen) atoms. The molecule has 0 aliphatic heterocycles. The van der Waals surface area contributed by atoms with Gasteiger partial charge in [-0.15, -0.1) is 0 Å². The summed E-state index contributed by atoms with van der Waals surface area (Å²) in [6, 6.07) is 11.3. The molecule has 11 heteroatoms. The average Bonchev–Trinajstić information content (AvgIpc) is 3.62. The van der Waals surface area contributed by atoms with Crippen LogP contribution in [0.5, 0.6) is 0 Å². The second-order valence-electron chi connectivity index (χ2n) is 10.5. The van der Waals surface area contributed by atoms with E-state index in [1.54, 1.807) is 30.3 Å². The fraction of sp³-hybridized carbons (Fsp3) is 0.276. The maximum absolute atomic E-state index is 14.0. The molecule has 2 aliphatic rings. The highest BCUT2D eigenvalue weighted by Gasteiger charge is 2.46. The quantitative estimate of drug-likeness (QED) is 0.153. The van der Waals surface area contributed by atoms with Gasteiger partial charge in [0.25, 0.3) is 11.8 Å². The van der Waals surface area contributed by atoms with Crippen molar-refractivity contribution in [2.45, 2.75) is 32.2 Å². The maximum atomic E-state index is 14.0. The molecule has 3 aromatic carbocycles. The highest BCUT2D eigenvalue weighted by molar-refractivity contribution is 6.04. The summed E-state index contributed by atoms with van der Waals surface area (Å²) in [5.41, 5.74) is 0.864. The number of aromatic amines is 1. The number of hydrogen-bond acceptors (Lipinski definition) is 3. The summed E-state index contributed by atoms with van der Waals surface area (Å²) in [6.07, 6.45) is 3.41. The smallest absolute Gasteiger partial charge is 0.261 e. The molecule has 4 aromatic rings. The zero-order valence-electron chi connectivity index (χ0n) is 21.1. The summed E-state index contributed by atoms with van der Waals surface area (Å²) >= 11 is 0. The van der Waals surface area contributed by atoms with Gasteiger partial charge in [-0.05, 0) is 79.5 Å². The third kappa shape index (κ3) is 4.29. The molecule has 1 heterocycles. The minimum absolute atomic E-state index is 0.0580. The lowest BCUT2D eigenvalue weighted by Gasteiger charge is -2.23. The Hall–Kier alpha value is -4.28. The van der Waals surface area contributed by atoms with Crippen LogP contribution < -0.4 is 10.6 Å². The minimum atomic E-state index is -2.34. The fourth-order valence-corrected chi connectivity index (χ4v) is 6.10. The summed E-state index contributed by atoms with van der Waals surface area (Å²) in [7, 11) is 0. The number of rotatable bonds is 5. The molecule has 2 amide bonds. The predicted octanol–water partition coefficient (Wildman–Crippen LogP) is 6.34. The highest BCUT2D eigenvalue weighted by atomic mass is 19.2. The van der Waals surface area contributed by atoms with E-state index in [0.717, 1.165) is 12.8 Å². The van der Waals surface area contributed by atoms with E-state index in [1.807, 2.05) is 0 Å². The van der Waals surface area contributed by atoms with Crippen LogP contribution in [0.2, 0.25) is 0 Å². The average molecular weight is 555 g/mol. The largest absolute Gasteiger partial charge is 0.349 e. The normalized spacial score (nSPS) is 21.6. The van der Waals surface area contributed by atoms with Gasteiger partial charge in [0.2, 0.25) is 5.82 Å². The number of H-pyrrole nitrogens is 1. The van der Waals surface area contributed by atoms with Crippen molar-refractivity contribution < 1.29 is 31.5 Å². The molecular weight excluding hydrogens is 531 g/mol. The molecule has 4 atom stereocenters. The van der Waals surface area contributed by atoms with E-state index in [9.17, 15) is 31.5 Å². The van der Waals surface area contributed by atoms with Gasteiger partial charge in [0, 0.05) is 22.9 Å². The van der Waals surface area contributed by atoms with Crippen LogP contribution in [0.15, 0.2) is 42.5 Å². The lowest BCUT2D eigenvalue weighted by molar-refractivity contribution is 0.0921. The molecule has 2 aliphatic carbocycles. The van der Waals surface area contributed by atoms with E-state index < -0.39 is 40.6 Å². The zero-order chi connectivity index (χ0) is 28.3. The van der Waals surface area contributed by atoms with E-state index in [0.29, 0.717) is 45.7 Å². The van der Waals surface area contributed by atoms with Gasteiger partial charge in [-0.25, -0.2) is 26.9 Å². The number of nitrogens with zero attached hydrogens (tertiary/aromatic N) is 1. The van der Waals surface area contributed by atoms with Crippen molar-refractivity contribution in [2.75, 3.05) is 5.32 Å². The summed E-state index contributed by atoms with van der Waals surface area (Å²) in [5.74, 6) is -10.5. The Kier molecular flexibility index (Phi) is 6.31. The first-order valence-electron chi connectivity index (χ1n) is 12.9. The molecular formula is C29H23F5N4O2. The summed E-state index contributed by atoms with van der Waals surface area (Å²) in [4.78, 5) is 32.9. The van der Waals surface area contributed by atoms with Gasteiger partial charge in [0.1, 0.15) is 11.4 Å². The molecule has 206 valence electrons. The molecule has 2 fully saturated rings. The number of fused-ring (bicyclic) bond motifs is 3. The molecule has 6 rings (SSSR count). The van der Waals surface area contributed by atoms with Crippen LogP contribution in [-0.4, -0.2) is 27.8 Å². The summed E-state index contributed by atoms with van der Waals surface area (Å²) < 4.78 is 68.1. The second kappa shape index (κ2) is 9.72. The summed E-state index contributed by atoms with van der Waals surface area (Å²) in [6.45, 7) is 2.26. The number of imidazole rings is 1. The molecule has 2 saturated carbocycles. The number of halogens is 5. The molecule has 0 saturated heterocycles. The molecule has 3 unspecified atom stereocenters. The number of carbonyl (C=O) groups is 2. The van der Waals surface area contributed by atoms with Gasteiger partial charge >= 0.3 is 0 Å². The topological polar surface area (TPSA) is 86.9 Å². The maximum Gasteiger partial charge on any atom is 0.261 e. The number of benzene rings is 3. The number of nitrogens with one attached hydrogen (secondary N) is 3. The van der Waals surface area contributed by atoms with Gasteiger partial charge in [-0.2, -0.15) is 0 Å². The van der Waals surface area contributed by atoms with Crippen LogP contribution in [0, 0.1) is 46.8 Å². The van der Waals surface area contributed by atoms with E-state index in [1.165, 1.54) is 18.6 Å². The van der Waals surface area contributed by atoms with Crippen molar-refractivity contribution in [3.8, 4) is 11.4 Å². The van der Waals surface area contributed by atoms with Crippen LogP contribution in [0.3, 0.4) is 0 Å². The van der Waals surface area contributed by atoms with Crippen molar-refractivity contribution in [3.05, 3.63) is 82.7 Å². The Morgan fingerprint density at radius 1 is 0.875 bits per heavy atom. The van der Waals surface area contributed by atoms with Gasteiger partial charge in [-0.1, -0.05) is 6.92 Å². The third-order valence-corrected chi connectivity index (χ3v) is 8.28. The zero-order valence-corrected chi connectivity index (χ0v) is 21.1. The lowest BCUT2D eigenvalue weighted by atomic mass is 9.94. The Bertz CT molecular complexity index is 1640. The van der Waals surface area contributed by atoms with Crippen molar-refractivity contribution in [2.24, 2.45) is 17.8 Å². The Morgan fingerprint density at radius 3 is 2.17 bits per heavy atom. The van der Waals surface area contributed by atoms with Crippen LogP contribution in [0.4, 0.5) is 27.6 Å². The summed E-state index contributed by atoms with van der Waals surface area (Å²) in [5, 5.41) is 5.33. The molecule has 2 bridgehead atoms. The first-order chi connectivity index (χ1) is 19.1. The molecule has 0 spiro atoms. The molecule has 0 radical (unpaired) electrons. The van der Waals surface area contributed by atoms with Crippen LogP contribution in [-0.2, 0) is 0 Å². The predicted molar refractivity (Wildman–Crippen MR) is 137 cm³/mol. The Balaban J connectivity index is 1.17. The number of anilines is 1. The SMILES string of the molecule is C[C@@H]1C2CCC1C(NC(=O)c1ccc3nc(-c4ccc(NC(=O)c5c(F)c(F)c(F)c(F)c5F)cc4)[nH]c3c1)C2. The van der Waals surface area contributed by atoms with E-state index in [-0.39, 0.29) is 17.6 Å². The van der Waals surface area contributed by atoms with Crippen LogP contribution in [0.1, 0.15) is 46.9 Å². The number of hydrogen-bond donors (Lipinski definition) is 3. The van der Waals surface area contributed by atoms with Crippen LogP contribution in [0.25, 0.3) is 22.4 Å². The van der Waals surface area contributed by atoms with Crippen molar-refractivity contribution in [3.63, 3.8) is 0 Å². The first-order valence-corrected chi connectivity index (χ1v) is 12.9. The van der Waals surface area contributed by atoms with Gasteiger partial charge in [0.15, 0.2) is 23.3 Å².